The number of non-ortho nitro benzene ring substituents is 1. The predicted octanol–water partition coefficient (Wildman–Crippen LogP) is 1.46. The molecule has 1 aromatic carbocycles. The van der Waals surface area contributed by atoms with Gasteiger partial charge in [-0.2, -0.15) is 0 Å². The Kier molecular flexibility index (Phi) is 5.66. The van der Waals surface area contributed by atoms with Crippen molar-refractivity contribution in [1.82, 2.24) is 5.32 Å². The molecule has 1 aromatic rings. The van der Waals surface area contributed by atoms with Crippen molar-refractivity contribution in [3.63, 3.8) is 0 Å². The lowest BCUT2D eigenvalue weighted by Crippen LogP contribution is -2.56. The van der Waals surface area contributed by atoms with Crippen molar-refractivity contribution < 1.29 is 14.5 Å². The summed E-state index contributed by atoms with van der Waals surface area (Å²) in [6, 6.07) is 5.70. The Morgan fingerprint density at radius 1 is 1.52 bits per heavy atom. The summed E-state index contributed by atoms with van der Waals surface area (Å²) in [4.78, 5) is 22.0. The average molecular weight is 295 g/mol. The Morgan fingerprint density at radius 3 is 2.71 bits per heavy atom. The van der Waals surface area contributed by atoms with Gasteiger partial charge in [0.15, 0.2) is 6.61 Å². The number of nitro benzene ring substituents is 1. The molecule has 116 valence electrons. The van der Waals surface area contributed by atoms with Crippen LogP contribution >= 0.6 is 0 Å². The molecule has 7 nitrogen and oxygen atoms in total. The molecule has 0 saturated carbocycles. The fourth-order valence-corrected chi connectivity index (χ4v) is 1.62. The van der Waals surface area contributed by atoms with Gasteiger partial charge in [0.05, 0.1) is 16.5 Å². The summed E-state index contributed by atoms with van der Waals surface area (Å²) >= 11 is 0. The van der Waals surface area contributed by atoms with Gasteiger partial charge >= 0.3 is 0 Å². The minimum absolute atomic E-state index is 0.0816. The first-order chi connectivity index (χ1) is 9.78. The molecule has 1 unspecified atom stereocenters. The summed E-state index contributed by atoms with van der Waals surface area (Å²) in [5, 5.41) is 13.5. The van der Waals surface area contributed by atoms with Crippen LogP contribution in [-0.4, -0.2) is 29.5 Å². The highest BCUT2D eigenvalue weighted by molar-refractivity contribution is 5.78. The van der Waals surface area contributed by atoms with Crippen LogP contribution in [0.2, 0.25) is 0 Å². The van der Waals surface area contributed by atoms with Gasteiger partial charge in [-0.15, -0.1) is 0 Å². The molecule has 0 aliphatic rings. The standard InChI is InChI=1S/C14H21N3O4/c1-10(2)14(3,9-15)16-13(18)8-21-12-6-4-5-11(7-12)17(19)20/h4-7,10H,8-9,15H2,1-3H3,(H,16,18). The van der Waals surface area contributed by atoms with E-state index in [9.17, 15) is 14.9 Å². The van der Waals surface area contributed by atoms with Crippen molar-refractivity contribution in [3.05, 3.63) is 34.4 Å². The van der Waals surface area contributed by atoms with Crippen LogP contribution in [-0.2, 0) is 4.79 Å². The van der Waals surface area contributed by atoms with Crippen LogP contribution in [0, 0.1) is 16.0 Å². The molecule has 7 heteroatoms. The molecule has 0 saturated heterocycles. The van der Waals surface area contributed by atoms with Gasteiger partial charge in [-0.3, -0.25) is 14.9 Å². The van der Waals surface area contributed by atoms with E-state index in [1.54, 1.807) is 6.07 Å². The highest BCUT2D eigenvalue weighted by atomic mass is 16.6. The van der Waals surface area contributed by atoms with Gasteiger partial charge in [0.1, 0.15) is 5.75 Å². The third-order valence-electron chi connectivity index (χ3n) is 3.52. The molecule has 0 aromatic heterocycles. The first-order valence-corrected chi connectivity index (χ1v) is 6.67. The topological polar surface area (TPSA) is 107 Å². The quantitative estimate of drug-likeness (QED) is 0.585. The second-order valence-corrected chi connectivity index (χ2v) is 5.37. The van der Waals surface area contributed by atoms with Crippen LogP contribution in [0.1, 0.15) is 20.8 Å². The predicted molar refractivity (Wildman–Crippen MR) is 79.0 cm³/mol. The Morgan fingerprint density at radius 2 is 2.19 bits per heavy atom. The van der Waals surface area contributed by atoms with Crippen LogP contribution in [0.4, 0.5) is 5.69 Å². The molecule has 0 heterocycles. The van der Waals surface area contributed by atoms with E-state index in [0.717, 1.165) is 0 Å². The minimum atomic E-state index is -0.517. The number of rotatable bonds is 7. The van der Waals surface area contributed by atoms with Crippen molar-refractivity contribution in [1.29, 1.82) is 0 Å². The second-order valence-electron chi connectivity index (χ2n) is 5.37. The summed E-state index contributed by atoms with van der Waals surface area (Å²) in [7, 11) is 0. The molecule has 1 rings (SSSR count). The summed E-state index contributed by atoms with van der Waals surface area (Å²) in [5.41, 5.74) is 5.09. The molecule has 0 radical (unpaired) electrons. The van der Waals surface area contributed by atoms with E-state index >= 15 is 0 Å². The largest absolute Gasteiger partial charge is 0.484 e. The number of carbonyl (C=O) groups is 1. The van der Waals surface area contributed by atoms with Crippen molar-refractivity contribution in [3.8, 4) is 5.75 Å². The number of nitrogens with two attached hydrogens (primary N) is 1. The van der Waals surface area contributed by atoms with Crippen LogP contribution in [0.5, 0.6) is 5.75 Å². The number of carbonyl (C=O) groups excluding carboxylic acids is 1. The molecule has 0 aliphatic carbocycles. The van der Waals surface area contributed by atoms with Gasteiger partial charge in [0.2, 0.25) is 0 Å². The Labute approximate surface area is 123 Å². The average Bonchev–Trinajstić information content (AvgIpc) is 2.45. The zero-order valence-corrected chi connectivity index (χ0v) is 12.5. The number of hydrogen-bond acceptors (Lipinski definition) is 5. The highest BCUT2D eigenvalue weighted by Gasteiger charge is 2.28. The number of amides is 1. The van der Waals surface area contributed by atoms with E-state index in [-0.39, 0.29) is 29.9 Å². The molecule has 3 N–H and O–H groups in total. The summed E-state index contributed by atoms with van der Waals surface area (Å²) in [6.07, 6.45) is 0. The van der Waals surface area contributed by atoms with Crippen molar-refractivity contribution >= 4 is 11.6 Å². The normalized spacial score (nSPS) is 13.6. The first-order valence-electron chi connectivity index (χ1n) is 6.67. The molecular weight excluding hydrogens is 274 g/mol. The van der Waals surface area contributed by atoms with Crippen molar-refractivity contribution in [2.24, 2.45) is 11.7 Å². The molecule has 0 aliphatic heterocycles. The molecule has 0 fully saturated rings. The second kappa shape index (κ2) is 7.03. The first kappa shape index (κ1) is 16.9. The van der Waals surface area contributed by atoms with Crippen molar-refractivity contribution in [2.45, 2.75) is 26.3 Å². The van der Waals surface area contributed by atoms with Gasteiger partial charge in [0, 0.05) is 12.6 Å². The monoisotopic (exact) mass is 295 g/mol. The highest BCUT2D eigenvalue weighted by Crippen LogP contribution is 2.19. The van der Waals surface area contributed by atoms with E-state index in [1.165, 1.54) is 18.2 Å². The van der Waals surface area contributed by atoms with E-state index in [0.29, 0.717) is 6.54 Å². The summed E-state index contributed by atoms with van der Waals surface area (Å²) < 4.78 is 5.27. The number of nitrogens with zero attached hydrogens (tertiary/aromatic N) is 1. The summed E-state index contributed by atoms with van der Waals surface area (Å²) in [6.45, 7) is 5.89. The van der Waals surface area contributed by atoms with E-state index in [4.69, 9.17) is 10.5 Å². The smallest absolute Gasteiger partial charge is 0.273 e. The molecule has 1 atom stereocenters. The zero-order valence-electron chi connectivity index (χ0n) is 12.5. The fourth-order valence-electron chi connectivity index (χ4n) is 1.62. The number of hydrogen-bond donors (Lipinski definition) is 2. The lowest BCUT2D eigenvalue weighted by molar-refractivity contribution is -0.384. The number of nitrogens with one attached hydrogen (secondary N) is 1. The Bertz CT molecular complexity index is 519. The van der Waals surface area contributed by atoms with Gasteiger partial charge in [0.25, 0.3) is 11.6 Å². The molecule has 0 bridgehead atoms. The maximum atomic E-state index is 11.9. The van der Waals surface area contributed by atoms with Crippen molar-refractivity contribution in [2.75, 3.05) is 13.2 Å². The lowest BCUT2D eigenvalue weighted by Gasteiger charge is -2.33. The molecule has 1 amide bonds. The maximum Gasteiger partial charge on any atom is 0.273 e. The molecule has 21 heavy (non-hydrogen) atoms. The van der Waals surface area contributed by atoms with Gasteiger partial charge in [-0.1, -0.05) is 19.9 Å². The lowest BCUT2D eigenvalue weighted by atomic mass is 9.88. The van der Waals surface area contributed by atoms with Gasteiger partial charge in [-0.05, 0) is 18.9 Å². The van der Waals surface area contributed by atoms with E-state index < -0.39 is 10.5 Å². The van der Waals surface area contributed by atoms with E-state index in [1.807, 2.05) is 20.8 Å². The van der Waals surface area contributed by atoms with Gasteiger partial charge < -0.3 is 15.8 Å². The third-order valence-corrected chi connectivity index (χ3v) is 3.52. The number of nitro groups is 1. The minimum Gasteiger partial charge on any atom is -0.484 e. The van der Waals surface area contributed by atoms with Crippen LogP contribution in [0.15, 0.2) is 24.3 Å². The van der Waals surface area contributed by atoms with Crippen LogP contribution < -0.4 is 15.8 Å². The number of ether oxygens (including phenoxy) is 1. The van der Waals surface area contributed by atoms with Crippen LogP contribution in [0.3, 0.4) is 0 Å². The number of benzene rings is 1. The third kappa shape index (κ3) is 4.71. The zero-order chi connectivity index (χ0) is 16.0. The molecular formula is C14H21N3O4. The fraction of sp³-hybridized carbons (Fsp3) is 0.500. The SMILES string of the molecule is CC(C)C(C)(CN)NC(=O)COc1cccc([N+](=O)[O-])c1. The maximum absolute atomic E-state index is 11.9. The van der Waals surface area contributed by atoms with Gasteiger partial charge in [-0.25, -0.2) is 0 Å². The molecule has 0 spiro atoms. The van der Waals surface area contributed by atoms with E-state index in [2.05, 4.69) is 5.32 Å². The summed E-state index contributed by atoms with van der Waals surface area (Å²) in [5.74, 6) is 0.130. The Balaban J connectivity index is 2.61. The van der Waals surface area contributed by atoms with Crippen LogP contribution in [0.25, 0.3) is 0 Å². The Hall–Kier alpha value is -2.15.